The lowest BCUT2D eigenvalue weighted by molar-refractivity contribution is 0.292. The fourth-order valence-corrected chi connectivity index (χ4v) is 1.87. The van der Waals surface area contributed by atoms with Crippen LogP contribution in [0.25, 0.3) is 0 Å². The monoisotopic (exact) mass is 226 g/mol. The van der Waals surface area contributed by atoms with Gasteiger partial charge < -0.3 is 0 Å². The minimum absolute atomic E-state index is 0.572. The Morgan fingerprint density at radius 1 is 0.938 bits per heavy atom. The van der Waals surface area contributed by atoms with E-state index in [1.54, 1.807) is 0 Å². The lowest BCUT2D eigenvalue weighted by atomic mass is 9.83. The maximum absolute atomic E-state index is 3.74. The number of hydrogen-bond acceptors (Lipinski definition) is 0. The standard InChI is InChI=1S/C13H26.C3H8/c1-5-7-8-9-10-12-13(3,4)11-6-2;1-3-2/h5H,1,6-12H2,2-4H3;3H2,1-2H3. The average Bonchev–Trinajstić information content (AvgIpc) is 2.18. The van der Waals surface area contributed by atoms with E-state index in [9.17, 15) is 0 Å². The normalized spacial score (nSPS) is 10.6. The Bertz CT molecular complexity index is 133. The second-order valence-corrected chi connectivity index (χ2v) is 5.51. The first-order chi connectivity index (χ1) is 7.54. The molecule has 0 aliphatic rings. The third-order valence-electron chi connectivity index (χ3n) is 2.69. The van der Waals surface area contributed by atoms with Gasteiger partial charge in [0.1, 0.15) is 0 Å². The molecule has 0 fully saturated rings. The molecule has 0 aliphatic carbocycles. The van der Waals surface area contributed by atoms with E-state index in [1.165, 1.54) is 51.4 Å². The zero-order valence-electron chi connectivity index (χ0n) is 12.4. The van der Waals surface area contributed by atoms with Crippen molar-refractivity contribution in [2.75, 3.05) is 0 Å². The smallest absolute Gasteiger partial charge is 0.0353 e. The molecule has 0 amide bonds. The van der Waals surface area contributed by atoms with Gasteiger partial charge in [-0.15, -0.1) is 6.58 Å². The van der Waals surface area contributed by atoms with Crippen molar-refractivity contribution in [3.8, 4) is 0 Å². The predicted molar refractivity (Wildman–Crippen MR) is 77.9 cm³/mol. The molecule has 98 valence electrons. The van der Waals surface area contributed by atoms with Crippen LogP contribution in [0, 0.1) is 5.41 Å². The molecule has 0 rings (SSSR count). The Hall–Kier alpha value is -0.260. The van der Waals surface area contributed by atoms with Crippen molar-refractivity contribution in [1.82, 2.24) is 0 Å². The van der Waals surface area contributed by atoms with Gasteiger partial charge in [0.15, 0.2) is 0 Å². The molecule has 0 aromatic carbocycles. The van der Waals surface area contributed by atoms with Crippen molar-refractivity contribution >= 4 is 0 Å². The van der Waals surface area contributed by atoms with Gasteiger partial charge in [0, 0.05) is 0 Å². The largest absolute Gasteiger partial charge is 0.103 e. The predicted octanol–water partition coefficient (Wildman–Crippen LogP) is 6.37. The highest BCUT2D eigenvalue weighted by Gasteiger charge is 2.15. The molecular weight excluding hydrogens is 192 g/mol. The number of hydrogen-bond donors (Lipinski definition) is 0. The topological polar surface area (TPSA) is 0 Å². The quantitative estimate of drug-likeness (QED) is 0.333. The zero-order chi connectivity index (χ0) is 12.9. The van der Waals surface area contributed by atoms with Gasteiger partial charge in [0.05, 0.1) is 0 Å². The molecule has 0 N–H and O–H groups in total. The lowest BCUT2D eigenvalue weighted by Gasteiger charge is -2.23. The summed E-state index contributed by atoms with van der Waals surface area (Å²) in [5.41, 5.74) is 0.572. The van der Waals surface area contributed by atoms with E-state index in [2.05, 4.69) is 41.2 Å². The van der Waals surface area contributed by atoms with Crippen molar-refractivity contribution in [1.29, 1.82) is 0 Å². The van der Waals surface area contributed by atoms with Crippen molar-refractivity contribution in [2.45, 2.75) is 86.0 Å². The second kappa shape index (κ2) is 12.8. The van der Waals surface area contributed by atoms with Crippen molar-refractivity contribution in [3.05, 3.63) is 12.7 Å². The molecule has 0 heteroatoms. The fourth-order valence-electron chi connectivity index (χ4n) is 1.87. The highest BCUT2D eigenvalue weighted by molar-refractivity contribution is 4.69. The van der Waals surface area contributed by atoms with Crippen molar-refractivity contribution in [2.24, 2.45) is 5.41 Å². The van der Waals surface area contributed by atoms with Gasteiger partial charge in [-0.3, -0.25) is 0 Å². The third-order valence-corrected chi connectivity index (χ3v) is 2.69. The minimum Gasteiger partial charge on any atom is -0.103 e. The van der Waals surface area contributed by atoms with Crippen LogP contribution in [0.5, 0.6) is 0 Å². The molecule has 0 saturated carbocycles. The molecule has 0 aliphatic heterocycles. The van der Waals surface area contributed by atoms with Crippen LogP contribution in [-0.4, -0.2) is 0 Å². The summed E-state index contributed by atoms with van der Waals surface area (Å²) in [4.78, 5) is 0. The van der Waals surface area contributed by atoms with Crippen LogP contribution in [0.4, 0.5) is 0 Å². The summed E-state index contributed by atoms with van der Waals surface area (Å²) >= 11 is 0. The molecule has 0 radical (unpaired) electrons. The van der Waals surface area contributed by atoms with Gasteiger partial charge in [0.25, 0.3) is 0 Å². The number of allylic oxidation sites excluding steroid dienone is 1. The van der Waals surface area contributed by atoms with E-state index in [0.29, 0.717) is 5.41 Å². The Morgan fingerprint density at radius 3 is 1.94 bits per heavy atom. The molecule has 0 saturated heterocycles. The Morgan fingerprint density at radius 2 is 1.50 bits per heavy atom. The summed E-state index contributed by atoms with van der Waals surface area (Å²) in [5.74, 6) is 0. The van der Waals surface area contributed by atoms with Crippen LogP contribution in [0.15, 0.2) is 12.7 Å². The fraction of sp³-hybridized carbons (Fsp3) is 0.875. The van der Waals surface area contributed by atoms with Crippen LogP contribution in [0.1, 0.15) is 86.0 Å². The van der Waals surface area contributed by atoms with E-state index in [4.69, 9.17) is 0 Å². The van der Waals surface area contributed by atoms with Crippen molar-refractivity contribution < 1.29 is 0 Å². The van der Waals surface area contributed by atoms with Gasteiger partial charge in [0.2, 0.25) is 0 Å². The molecule has 16 heavy (non-hydrogen) atoms. The summed E-state index contributed by atoms with van der Waals surface area (Å²) in [6, 6.07) is 0. The lowest BCUT2D eigenvalue weighted by Crippen LogP contribution is -2.10. The molecular formula is C16H34. The molecule has 0 atom stereocenters. The molecule has 0 spiro atoms. The molecule has 0 nitrogen and oxygen atoms in total. The van der Waals surface area contributed by atoms with E-state index in [-0.39, 0.29) is 0 Å². The van der Waals surface area contributed by atoms with E-state index in [0.717, 1.165) is 0 Å². The molecule has 0 heterocycles. The van der Waals surface area contributed by atoms with Gasteiger partial charge in [-0.2, -0.15) is 0 Å². The minimum atomic E-state index is 0.572. The van der Waals surface area contributed by atoms with Crippen LogP contribution < -0.4 is 0 Å². The Balaban J connectivity index is 0. The third kappa shape index (κ3) is 16.2. The average molecular weight is 226 g/mol. The summed E-state index contributed by atoms with van der Waals surface area (Å²) in [7, 11) is 0. The van der Waals surface area contributed by atoms with Crippen molar-refractivity contribution in [3.63, 3.8) is 0 Å². The zero-order valence-corrected chi connectivity index (χ0v) is 12.4. The molecule has 0 bridgehead atoms. The molecule has 0 aromatic rings. The van der Waals surface area contributed by atoms with Crippen LogP contribution in [0.3, 0.4) is 0 Å². The highest BCUT2D eigenvalue weighted by atomic mass is 14.2. The van der Waals surface area contributed by atoms with Gasteiger partial charge in [-0.05, 0) is 31.1 Å². The molecule has 0 unspecified atom stereocenters. The van der Waals surface area contributed by atoms with Gasteiger partial charge in [-0.25, -0.2) is 0 Å². The second-order valence-electron chi connectivity index (χ2n) is 5.51. The van der Waals surface area contributed by atoms with E-state index >= 15 is 0 Å². The maximum Gasteiger partial charge on any atom is -0.0353 e. The van der Waals surface area contributed by atoms with Gasteiger partial charge >= 0.3 is 0 Å². The summed E-state index contributed by atoms with van der Waals surface area (Å²) in [6.45, 7) is 15.0. The van der Waals surface area contributed by atoms with Crippen LogP contribution in [-0.2, 0) is 0 Å². The van der Waals surface area contributed by atoms with Crippen LogP contribution in [0.2, 0.25) is 0 Å². The first kappa shape index (κ1) is 18.1. The number of unbranched alkanes of at least 4 members (excludes halogenated alkanes) is 3. The first-order valence-corrected chi connectivity index (χ1v) is 7.14. The highest BCUT2D eigenvalue weighted by Crippen LogP contribution is 2.28. The van der Waals surface area contributed by atoms with E-state index in [1.807, 2.05) is 6.08 Å². The Kier molecular flexibility index (Phi) is 14.5. The SMILES string of the molecule is C=CCCCCCC(C)(C)CCC.CCC. The maximum atomic E-state index is 3.74. The first-order valence-electron chi connectivity index (χ1n) is 7.14. The summed E-state index contributed by atoms with van der Waals surface area (Å²) < 4.78 is 0. The Labute approximate surface area is 105 Å². The summed E-state index contributed by atoms with van der Waals surface area (Å²) in [5, 5.41) is 0. The summed E-state index contributed by atoms with van der Waals surface area (Å²) in [6.07, 6.45) is 12.6. The molecule has 0 aromatic heterocycles. The van der Waals surface area contributed by atoms with Gasteiger partial charge in [-0.1, -0.05) is 66.4 Å². The van der Waals surface area contributed by atoms with E-state index < -0.39 is 0 Å². The number of rotatable bonds is 8. The van der Waals surface area contributed by atoms with Crippen LogP contribution >= 0.6 is 0 Å².